The van der Waals surface area contributed by atoms with Gasteiger partial charge in [0, 0.05) is 9.79 Å². The van der Waals surface area contributed by atoms with E-state index in [1.165, 1.54) is 33.9 Å². The fourth-order valence-corrected chi connectivity index (χ4v) is 4.00. The molecule has 0 aliphatic carbocycles. The molecule has 0 aliphatic rings. The number of thioether (sulfide) groups is 3. The second kappa shape index (κ2) is 7.50. The number of fused-ring (bicyclic) bond motifs is 1. The van der Waals surface area contributed by atoms with E-state index in [0.717, 1.165) is 16.4 Å². The maximum atomic E-state index is 4.68. The van der Waals surface area contributed by atoms with Gasteiger partial charge in [-0.2, -0.15) is 0 Å². The summed E-state index contributed by atoms with van der Waals surface area (Å²) >= 11 is 5.52. The summed E-state index contributed by atoms with van der Waals surface area (Å²) in [5.74, 6) is 2.32. The van der Waals surface area contributed by atoms with Crippen LogP contribution in [0.5, 0.6) is 0 Å². The average molecular weight is 313 g/mol. The number of hydrogen-bond donors (Lipinski definition) is 1. The van der Waals surface area contributed by atoms with Crippen molar-refractivity contribution in [3.8, 4) is 0 Å². The molecule has 0 amide bonds. The van der Waals surface area contributed by atoms with Crippen LogP contribution in [0.15, 0.2) is 27.1 Å². The maximum Gasteiger partial charge on any atom is 0.166 e. The summed E-state index contributed by atoms with van der Waals surface area (Å²) in [6.45, 7) is 4.44. The Bertz CT molecular complexity index is 537. The maximum absolute atomic E-state index is 4.68. The van der Waals surface area contributed by atoms with Gasteiger partial charge in [0.2, 0.25) is 0 Å². The molecule has 5 heteroatoms. The highest BCUT2D eigenvalue weighted by atomic mass is 32.2. The molecule has 0 radical (unpaired) electrons. The molecule has 104 valence electrons. The van der Waals surface area contributed by atoms with Gasteiger partial charge in [0.05, 0.1) is 5.52 Å². The fraction of sp³-hybridized carbons (Fsp3) is 0.500. The zero-order chi connectivity index (χ0) is 13.7. The van der Waals surface area contributed by atoms with E-state index in [1.54, 1.807) is 11.8 Å². The number of nitrogens with zero attached hydrogens (tertiary/aromatic N) is 1. The van der Waals surface area contributed by atoms with Gasteiger partial charge in [-0.1, -0.05) is 25.6 Å². The van der Waals surface area contributed by atoms with E-state index >= 15 is 0 Å². The first-order valence-corrected chi connectivity index (χ1v) is 9.81. The van der Waals surface area contributed by atoms with Crippen LogP contribution in [0.1, 0.15) is 26.7 Å². The number of H-pyrrole nitrogens is 1. The van der Waals surface area contributed by atoms with Crippen LogP contribution in [0.25, 0.3) is 11.0 Å². The third kappa shape index (κ3) is 3.86. The van der Waals surface area contributed by atoms with Crippen LogP contribution in [0.2, 0.25) is 0 Å². The van der Waals surface area contributed by atoms with Gasteiger partial charge in [-0.05, 0) is 42.7 Å². The Labute approximate surface area is 127 Å². The first kappa shape index (κ1) is 15.1. The highest BCUT2D eigenvalue weighted by Crippen LogP contribution is 2.33. The van der Waals surface area contributed by atoms with Gasteiger partial charge in [-0.3, -0.25) is 0 Å². The van der Waals surface area contributed by atoms with E-state index in [-0.39, 0.29) is 0 Å². The van der Waals surface area contributed by atoms with Crippen molar-refractivity contribution in [2.24, 2.45) is 0 Å². The fourth-order valence-electron chi connectivity index (χ4n) is 1.76. The molecule has 0 spiro atoms. The smallest absolute Gasteiger partial charge is 0.166 e. The van der Waals surface area contributed by atoms with E-state index in [2.05, 4.69) is 42.2 Å². The summed E-state index contributed by atoms with van der Waals surface area (Å²) < 4.78 is 0. The number of benzene rings is 1. The number of nitrogens with one attached hydrogen (secondary N) is 1. The number of hydrogen-bond acceptors (Lipinski definition) is 4. The van der Waals surface area contributed by atoms with Crippen LogP contribution < -0.4 is 0 Å². The SMILES string of the molecule is CCCSc1cc(SCCC)c2nc(SC)[nH]c2c1. The number of aromatic nitrogens is 2. The molecule has 0 saturated carbocycles. The molecular formula is C14H20N2S3. The van der Waals surface area contributed by atoms with Crippen molar-refractivity contribution in [2.45, 2.75) is 41.6 Å². The molecule has 2 nitrogen and oxygen atoms in total. The second-order valence-electron chi connectivity index (χ2n) is 4.26. The minimum Gasteiger partial charge on any atom is -0.333 e. The lowest BCUT2D eigenvalue weighted by molar-refractivity contribution is 1.08. The number of imidazole rings is 1. The van der Waals surface area contributed by atoms with Crippen molar-refractivity contribution in [1.82, 2.24) is 9.97 Å². The molecule has 1 aromatic heterocycles. The Morgan fingerprint density at radius 3 is 2.53 bits per heavy atom. The normalized spacial score (nSPS) is 11.3. The molecule has 0 atom stereocenters. The van der Waals surface area contributed by atoms with Gasteiger partial charge in [0.1, 0.15) is 5.52 Å². The Hall–Kier alpha value is -0.260. The molecular weight excluding hydrogens is 292 g/mol. The summed E-state index contributed by atoms with van der Waals surface area (Å²) in [4.78, 5) is 10.8. The van der Waals surface area contributed by atoms with Crippen LogP contribution in [-0.2, 0) is 0 Å². The summed E-state index contributed by atoms with van der Waals surface area (Å²) in [7, 11) is 0. The molecule has 1 aromatic carbocycles. The monoisotopic (exact) mass is 312 g/mol. The van der Waals surface area contributed by atoms with Crippen molar-refractivity contribution in [2.75, 3.05) is 17.8 Å². The Kier molecular flexibility index (Phi) is 5.98. The molecule has 2 aromatic rings. The summed E-state index contributed by atoms with van der Waals surface area (Å²) in [6.07, 6.45) is 4.46. The molecule has 0 saturated heterocycles. The lowest BCUT2D eigenvalue weighted by Gasteiger charge is -2.05. The Morgan fingerprint density at radius 2 is 1.84 bits per heavy atom. The predicted molar refractivity (Wildman–Crippen MR) is 89.9 cm³/mol. The quantitative estimate of drug-likeness (QED) is 0.703. The van der Waals surface area contributed by atoms with E-state index < -0.39 is 0 Å². The van der Waals surface area contributed by atoms with Gasteiger partial charge in [0.25, 0.3) is 0 Å². The van der Waals surface area contributed by atoms with E-state index in [1.807, 2.05) is 23.5 Å². The Morgan fingerprint density at radius 1 is 1.11 bits per heavy atom. The number of rotatable bonds is 7. The first-order valence-electron chi connectivity index (χ1n) is 6.61. The van der Waals surface area contributed by atoms with E-state index in [9.17, 15) is 0 Å². The van der Waals surface area contributed by atoms with E-state index in [0.29, 0.717) is 0 Å². The van der Waals surface area contributed by atoms with Crippen molar-refractivity contribution in [3.63, 3.8) is 0 Å². The van der Waals surface area contributed by atoms with Gasteiger partial charge < -0.3 is 4.98 Å². The average Bonchev–Trinajstić information content (AvgIpc) is 2.85. The largest absolute Gasteiger partial charge is 0.333 e. The summed E-state index contributed by atoms with van der Waals surface area (Å²) in [6, 6.07) is 4.53. The van der Waals surface area contributed by atoms with Crippen LogP contribution in [0, 0.1) is 0 Å². The van der Waals surface area contributed by atoms with Crippen LogP contribution in [-0.4, -0.2) is 27.7 Å². The van der Waals surface area contributed by atoms with Crippen molar-refractivity contribution >= 4 is 46.3 Å². The molecule has 19 heavy (non-hydrogen) atoms. The van der Waals surface area contributed by atoms with E-state index in [4.69, 9.17) is 0 Å². The number of aromatic amines is 1. The van der Waals surface area contributed by atoms with Gasteiger partial charge in [-0.25, -0.2) is 4.98 Å². The molecule has 1 N–H and O–H groups in total. The standard InChI is InChI=1S/C14H20N2S3/c1-4-6-18-10-8-11-13(16-14(15-11)17-3)12(9-10)19-7-5-2/h8-9H,4-7H2,1-3H3,(H,15,16). The van der Waals surface area contributed by atoms with Crippen molar-refractivity contribution < 1.29 is 0 Å². The zero-order valence-electron chi connectivity index (χ0n) is 11.7. The third-order valence-electron chi connectivity index (χ3n) is 2.63. The van der Waals surface area contributed by atoms with Crippen LogP contribution >= 0.6 is 35.3 Å². The van der Waals surface area contributed by atoms with Crippen molar-refractivity contribution in [1.29, 1.82) is 0 Å². The van der Waals surface area contributed by atoms with Gasteiger partial charge in [-0.15, -0.1) is 23.5 Å². The summed E-state index contributed by atoms with van der Waals surface area (Å²) in [5, 5.41) is 1.01. The third-order valence-corrected chi connectivity index (χ3v) is 5.63. The lowest BCUT2D eigenvalue weighted by atomic mass is 10.3. The molecule has 0 bridgehead atoms. The molecule has 0 unspecified atom stereocenters. The van der Waals surface area contributed by atoms with Crippen LogP contribution in [0.4, 0.5) is 0 Å². The van der Waals surface area contributed by atoms with Crippen molar-refractivity contribution in [3.05, 3.63) is 12.1 Å². The first-order chi connectivity index (χ1) is 9.28. The van der Waals surface area contributed by atoms with Crippen LogP contribution in [0.3, 0.4) is 0 Å². The molecule has 1 heterocycles. The topological polar surface area (TPSA) is 28.7 Å². The zero-order valence-corrected chi connectivity index (χ0v) is 14.1. The minimum absolute atomic E-state index is 1.01. The predicted octanol–water partition coefficient (Wildman–Crippen LogP) is 5.29. The minimum atomic E-state index is 1.01. The van der Waals surface area contributed by atoms with Gasteiger partial charge >= 0.3 is 0 Å². The highest BCUT2D eigenvalue weighted by Gasteiger charge is 2.10. The second-order valence-corrected chi connectivity index (χ2v) is 7.36. The highest BCUT2D eigenvalue weighted by molar-refractivity contribution is 8.00. The summed E-state index contributed by atoms with van der Waals surface area (Å²) in [5.41, 5.74) is 2.30. The van der Waals surface area contributed by atoms with Gasteiger partial charge in [0.15, 0.2) is 5.16 Å². The molecule has 0 aliphatic heterocycles. The molecule has 2 rings (SSSR count). The lowest BCUT2D eigenvalue weighted by Crippen LogP contribution is -1.83. The Balaban J connectivity index is 2.37. The molecule has 0 fully saturated rings.